The summed E-state index contributed by atoms with van der Waals surface area (Å²) >= 11 is 6.13. The number of hydrogen-bond acceptors (Lipinski definition) is 5. The molecular weight excluding hydrogens is 456 g/mol. The SMILES string of the molecule is COc1ccc2cc(CN(Cc3ccc4c(c3)OCO4)C(=O)c3cccc(Cl)c3)c(=O)[nH]c2c1. The molecule has 1 N–H and O–H groups in total. The number of pyridine rings is 1. The lowest BCUT2D eigenvalue weighted by Crippen LogP contribution is -2.32. The van der Waals surface area contributed by atoms with Crippen molar-refractivity contribution in [2.75, 3.05) is 13.9 Å². The van der Waals surface area contributed by atoms with Gasteiger partial charge in [0, 0.05) is 28.8 Å². The van der Waals surface area contributed by atoms with Gasteiger partial charge in [-0.1, -0.05) is 23.7 Å². The summed E-state index contributed by atoms with van der Waals surface area (Å²) in [5, 5.41) is 1.31. The fourth-order valence-corrected chi connectivity index (χ4v) is 4.13. The highest BCUT2D eigenvalue weighted by atomic mass is 35.5. The number of aromatic nitrogens is 1. The first-order chi connectivity index (χ1) is 16.5. The molecule has 0 aliphatic carbocycles. The normalized spacial score (nSPS) is 12.1. The predicted octanol–water partition coefficient (Wildman–Crippen LogP) is 4.76. The van der Waals surface area contributed by atoms with Crippen LogP contribution in [0.25, 0.3) is 10.9 Å². The van der Waals surface area contributed by atoms with Crippen LogP contribution in [0.5, 0.6) is 17.2 Å². The van der Waals surface area contributed by atoms with Gasteiger partial charge < -0.3 is 24.1 Å². The van der Waals surface area contributed by atoms with E-state index in [1.807, 2.05) is 30.3 Å². The number of carbonyl (C=O) groups is 1. The van der Waals surface area contributed by atoms with Crippen LogP contribution in [0.3, 0.4) is 0 Å². The third kappa shape index (κ3) is 4.43. The van der Waals surface area contributed by atoms with Gasteiger partial charge in [-0.3, -0.25) is 9.59 Å². The number of fused-ring (bicyclic) bond motifs is 2. The van der Waals surface area contributed by atoms with Crippen molar-refractivity contribution < 1.29 is 19.0 Å². The minimum Gasteiger partial charge on any atom is -0.497 e. The Balaban J connectivity index is 1.50. The molecule has 3 aromatic carbocycles. The number of hydrogen-bond donors (Lipinski definition) is 1. The van der Waals surface area contributed by atoms with Gasteiger partial charge in [0.1, 0.15) is 5.75 Å². The molecule has 0 saturated carbocycles. The molecule has 4 aromatic rings. The maximum atomic E-state index is 13.5. The molecule has 1 aromatic heterocycles. The third-order valence-corrected chi connectivity index (χ3v) is 5.90. The molecule has 0 bridgehead atoms. The summed E-state index contributed by atoms with van der Waals surface area (Å²) < 4.78 is 16.1. The summed E-state index contributed by atoms with van der Waals surface area (Å²) in [6, 6.07) is 19.6. The lowest BCUT2D eigenvalue weighted by Gasteiger charge is -2.23. The summed E-state index contributed by atoms with van der Waals surface area (Å²) in [4.78, 5) is 30.9. The van der Waals surface area contributed by atoms with Gasteiger partial charge in [-0.05, 0) is 59.5 Å². The van der Waals surface area contributed by atoms with Gasteiger partial charge in [0.2, 0.25) is 6.79 Å². The molecule has 0 spiro atoms. The summed E-state index contributed by atoms with van der Waals surface area (Å²) in [6.07, 6.45) is 0. The molecule has 1 amide bonds. The second-order valence-electron chi connectivity index (χ2n) is 7.94. The number of halogens is 1. The van der Waals surface area contributed by atoms with E-state index in [-0.39, 0.29) is 31.3 Å². The van der Waals surface area contributed by atoms with Gasteiger partial charge >= 0.3 is 0 Å². The fourth-order valence-electron chi connectivity index (χ4n) is 3.94. The summed E-state index contributed by atoms with van der Waals surface area (Å²) in [5.74, 6) is 1.70. The van der Waals surface area contributed by atoms with E-state index in [1.54, 1.807) is 48.4 Å². The van der Waals surface area contributed by atoms with Crippen molar-refractivity contribution in [2.45, 2.75) is 13.1 Å². The maximum absolute atomic E-state index is 13.5. The van der Waals surface area contributed by atoms with Crippen LogP contribution in [0.4, 0.5) is 0 Å². The highest BCUT2D eigenvalue weighted by Gasteiger charge is 2.21. The predicted molar refractivity (Wildman–Crippen MR) is 129 cm³/mol. The molecule has 34 heavy (non-hydrogen) atoms. The monoisotopic (exact) mass is 476 g/mol. The molecule has 0 radical (unpaired) electrons. The van der Waals surface area contributed by atoms with E-state index in [9.17, 15) is 9.59 Å². The molecule has 8 heteroatoms. The van der Waals surface area contributed by atoms with E-state index in [4.69, 9.17) is 25.8 Å². The first-order valence-electron chi connectivity index (χ1n) is 10.6. The Morgan fingerprint density at radius 1 is 1.03 bits per heavy atom. The van der Waals surface area contributed by atoms with Crippen molar-refractivity contribution in [1.29, 1.82) is 0 Å². The number of rotatable bonds is 6. The van der Waals surface area contributed by atoms with Crippen LogP contribution in [0.1, 0.15) is 21.5 Å². The van der Waals surface area contributed by atoms with Gasteiger partial charge in [0.05, 0.1) is 19.2 Å². The zero-order valence-electron chi connectivity index (χ0n) is 18.3. The topological polar surface area (TPSA) is 80.9 Å². The van der Waals surface area contributed by atoms with Crippen LogP contribution < -0.4 is 19.8 Å². The number of ether oxygens (including phenoxy) is 3. The molecule has 7 nitrogen and oxygen atoms in total. The number of nitrogens with one attached hydrogen (secondary N) is 1. The Morgan fingerprint density at radius 2 is 1.88 bits per heavy atom. The van der Waals surface area contributed by atoms with E-state index in [0.717, 1.165) is 10.9 Å². The lowest BCUT2D eigenvalue weighted by molar-refractivity contribution is 0.0729. The summed E-state index contributed by atoms with van der Waals surface area (Å²) in [5.41, 5.74) is 2.15. The van der Waals surface area contributed by atoms with Gasteiger partial charge in [-0.2, -0.15) is 0 Å². The van der Waals surface area contributed by atoms with E-state index in [2.05, 4.69) is 4.98 Å². The fraction of sp³-hybridized carbons (Fsp3) is 0.154. The highest BCUT2D eigenvalue weighted by Crippen LogP contribution is 2.33. The molecule has 1 aliphatic heterocycles. The largest absolute Gasteiger partial charge is 0.497 e. The first kappa shape index (κ1) is 21.9. The quantitative estimate of drug-likeness (QED) is 0.434. The van der Waals surface area contributed by atoms with Crippen LogP contribution in [0.15, 0.2) is 71.5 Å². The number of benzene rings is 3. The third-order valence-electron chi connectivity index (χ3n) is 5.66. The molecular formula is C26H21ClN2O5. The van der Waals surface area contributed by atoms with Crippen LogP contribution in [-0.4, -0.2) is 29.7 Å². The number of aromatic amines is 1. The number of amides is 1. The Kier molecular flexibility index (Phi) is 5.86. The standard InChI is InChI=1S/C26H21ClN2O5/c1-32-21-7-6-17-10-19(25(30)28-22(17)12-21)14-29(26(31)18-3-2-4-20(27)11-18)13-16-5-8-23-24(9-16)34-15-33-23/h2-12H,13-15H2,1H3,(H,28,30). The van der Waals surface area contributed by atoms with Crippen LogP contribution >= 0.6 is 11.6 Å². The second kappa shape index (κ2) is 9.11. The molecule has 172 valence electrons. The molecule has 1 aliphatic rings. The van der Waals surface area contributed by atoms with E-state index >= 15 is 0 Å². The van der Waals surface area contributed by atoms with Gasteiger partial charge in [0.15, 0.2) is 11.5 Å². The van der Waals surface area contributed by atoms with E-state index in [0.29, 0.717) is 38.9 Å². The molecule has 0 saturated heterocycles. The van der Waals surface area contributed by atoms with Gasteiger partial charge in [0.25, 0.3) is 11.5 Å². The Bertz CT molecular complexity index is 1450. The molecule has 5 rings (SSSR count). The Labute approximate surface area is 200 Å². The van der Waals surface area contributed by atoms with E-state index < -0.39 is 0 Å². The van der Waals surface area contributed by atoms with Crippen LogP contribution in [-0.2, 0) is 13.1 Å². The number of methoxy groups -OCH3 is 1. The number of nitrogens with zero attached hydrogens (tertiary/aromatic N) is 1. The zero-order valence-corrected chi connectivity index (χ0v) is 19.1. The summed E-state index contributed by atoms with van der Waals surface area (Å²) in [7, 11) is 1.57. The minimum absolute atomic E-state index is 0.108. The van der Waals surface area contributed by atoms with Gasteiger partial charge in [-0.25, -0.2) is 0 Å². The van der Waals surface area contributed by atoms with Crippen molar-refractivity contribution in [3.05, 3.63) is 98.8 Å². The molecule has 0 unspecified atom stereocenters. The van der Waals surface area contributed by atoms with Crippen LogP contribution in [0.2, 0.25) is 5.02 Å². The van der Waals surface area contributed by atoms with Gasteiger partial charge in [-0.15, -0.1) is 0 Å². The smallest absolute Gasteiger partial charge is 0.254 e. The Morgan fingerprint density at radius 3 is 2.71 bits per heavy atom. The van der Waals surface area contributed by atoms with Crippen molar-refractivity contribution in [1.82, 2.24) is 9.88 Å². The second-order valence-corrected chi connectivity index (χ2v) is 8.37. The minimum atomic E-state index is -0.268. The molecule has 2 heterocycles. The van der Waals surface area contributed by atoms with Crippen LogP contribution in [0, 0.1) is 0 Å². The van der Waals surface area contributed by atoms with Crippen molar-refractivity contribution in [2.24, 2.45) is 0 Å². The number of H-pyrrole nitrogens is 1. The van der Waals surface area contributed by atoms with Crippen molar-refractivity contribution in [3.8, 4) is 17.2 Å². The zero-order chi connectivity index (χ0) is 23.7. The highest BCUT2D eigenvalue weighted by molar-refractivity contribution is 6.30. The maximum Gasteiger partial charge on any atom is 0.254 e. The van der Waals surface area contributed by atoms with Crippen molar-refractivity contribution in [3.63, 3.8) is 0 Å². The Hall–Kier alpha value is -3.97. The summed E-state index contributed by atoms with van der Waals surface area (Å²) in [6.45, 7) is 0.542. The number of carbonyl (C=O) groups excluding carboxylic acids is 1. The average Bonchev–Trinajstić information content (AvgIpc) is 3.31. The lowest BCUT2D eigenvalue weighted by atomic mass is 10.1. The molecule has 0 atom stereocenters. The first-order valence-corrected chi connectivity index (χ1v) is 11.0. The average molecular weight is 477 g/mol. The van der Waals surface area contributed by atoms with E-state index in [1.165, 1.54) is 0 Å². The van der Waals surface area contributed by atoms with Crippen molar-refractivity contribution >= 4 is 28.4 Å². The molecule has 0 fully saturated rings.